The van der Waals surface area contributed by atoms with Crippen LogP contribution in [0.4, 0.5) is 5.69 Å². The van der Waals surface area contributed by atoms with Gasteiger partial charge >= 0.3 is 0 Å². The van der Waals surface area contributed by atoms with Crippen LogP contribution in [0.25, 0.3) is 0 Å². The van der Waals surface area contributed by atoms with Crippen LogP contribution in [0.5, 0.6) is 17.2 Å². The Morgan fingerprint density at radius 3 is 2.18 bits per heavy atom. The van der Waals surface area contributed by atoms with E-state index in [0.717, 1.165) is 22.7 Å². The van der Waals surface area contributed by atoms with Gasteiger partial charge in [0.05, 0.1) is 31.4 Å². The van der Waals surface area contributed by atoms with Gasteiger partial charge in [0, 0.05) is 30.6 Å². The van der Waals surface area contributed by atoms with E-state index in [4.69, 9.17) is 25.8 Å². The Labute approximate surface area is 300 Å². The fourth-order valence-electron chi connectivity index (χ4n) is 5.38. The molecule has 0 aromatic heterocycles. The number of unbranched alkanes of at least 4 members (excludes halogenated alkanes) is 1. The highest BCUT2D eigenvalue weighted by atomic mass is 35.5. The number of rotatable bonds is 18. The number of benzene rings is 4. The SMILES string of the molecule is CCCCNC(=O)C(Cc1ccccc1)N(Cc1ccccc1Cl)C(=O)CN(c1ccc(OCC)cc1)S(=O)(=O)c1ccc(OC)c(OC)c1. The molecule has 4 aromatic rings. The standard InChI is InChI=1S/C38H44ClN3O7S/c1-5-7-23-40-38(44)34(24-28-13-9-8-10-14-28)41(26-29-15-11-12-16-33(29)39)37(43)27-42(30-17-19-31(20-18-30)49-6-2)50(45,46)32-21-22-35(47-3)36(25-32)48-4/h8-22,25,34H,5-7,23-24,26-27H2,1-4H3,(H,40,44). The highest BCUT2D eigenvalue weighted by molar-refractivity contribution is 7.92. The lowest BCUT2D eigenvalue weighted by Gasteiger charge is -2.34. The summed E-state index contributed by atoms with van der Waals surface area (Å²) in [5.74, 6) is 0.142. The minimum Gasteiger partial charge on any atom is -0.494 e. The third-order valence-corrected chi connectivity index (χ3v) is 10.2. The van der Waals surface area contributed by atoms with E-state index in [2.05, 4.69) is 5.32 Å². The number of anilines is 1. The lowest BCUT2D eigenvalue weighted by atomic mass is 10.0. The molecule has 1 unspecified atom stereocenters. The molecule has 266 valence electrons. The van der Waals surface area contributed by atoms with E-state index < -0.39 is 28.5 Å². The molecule has 10 nitrogen and oxygen atoms in total. The Morgan fingerprint density at radius 2 is 1.54 bits per heavy atom. The Hall–Kier alpha value is -4.74. The van der Waals surface area contributed by atoms with Crippen LogP contribution < -0.4 is 23.8 Å². The van der Waals surface area contributed by atoms with Crippen LogP contribution in [-0.4, -0.2) is 65.1 Å². The zero-order valence-electron chi connectivity index (χ0n) is 28.8. The summed E-state index contributed by atoms with van der Waals surface area (Å²) < 4.78 is 46.3. The van der Waals surface area contributed by atoms with E-state index in [-0.39, 0.29) is 35.2 Å². The predicted molar refractivity (Wildman–Crippen MR) is 196 cm³/mol. The molecule has 0 spiro atoms. The van der Waals surface area contributed by atoms with Gasteiger partial charge < -0.3 is 24.4 Å². The molecule has 50 heavy (non-hydrogen) atoms. The maximum atomic E-state index is 14.7. The number of methoxy groups -OCH3 is 2. The van der Waals surface area contributed by atoms with Crippen LogP contribution in [0.3, 0.4) is 0 Å². The van der Waals surface area contributed by atoms with E-state index in [1.165, 1.54) is 37.3 Å². The van der Waals surface area contributed by atoms with Gasteiger partial charge in [0.2, 0.25) is 11.8 Å². The number of ether oxygens (including phenoxy) is 3. The zero-order chi connectivity index (χ0) is 36.1. The molecular weight excluding hydrogens is 678 g/mol. The third kappa shape index (κ3) is 9.70. The van der Waals surface area contributed by atoms with Gasteiger partial charge in [-0.3, -0.25) is 13.9 Å². The van der Waals surface area contributed by atoms with E-state index in [9.17, 15) is 18.0 Å². The average Bonchev–Trinajstić information content (AvgIpc) is 3.13. The van der Waals surface area contributed by atoms with Crippen molar-refractivity contribution in [3.63, 3.8) is 0 Å². The number of carbonyl (C=O) groups excluding carboxylic acids is 2. The molecule has 0 aliphatic heterocycles. The third-order valence-electron chi connectivity index (χ3n) is 8.06. The molecule has 0 radical (unpaired) electrons. The minimum atomic E-state index is -4.39. The smallest absolute Gasteiger partial charge is 0.264 e. The molecule has 4 rings (SSSR count). The van der Waals surface area contributed by atoms with Gasteiger partial charge in [-0.05, 0) is 66.9 Å². The number of hydrogen-bond donors (Lipinski definition) is 1. The van der Waals surface area contributed by atoms with Crippen molar-refractivity contribution in [2.75, 3.05) is 38.2 Å². The summed E-state index contributed by atoms with van der Waals surface area (Å²) in [5.41, 5.74) is 1.67. The highest BCUT2D eigenvalue weighted by Gasteiger charge is 2.35. The fourth-order valence-corrected chi connectivity index (χ4v) is 7.00. The van der Waals surface area contributed by atoms with Crippen molar-refractivity contribution in [3.8, 4) is 17.2 Å². The first-order valence-corrected chi connectivity index (χ1v) is 18.3. The van der Waals surface area contributed by atoms with Crippen LogP contribution in [-0.2, 0) is 32.6 Å². The molecule has 0 saturated carbocycles. The first-order chi connectivity index (χ1) is 24.1. The summed E-state index contributed by atoms with van der Waals surface area (Å²) in [7, 11) is -1.52. The molecule has 0 fully saturated rings. The normalized spacial score (nSPS) is 11.7. The van der Waals surface area contributed by atoms with Crippen molar-refractivity contribution in [2.24, 2.45) is 0 Å². The summed E-state index contributed by atoms with van der Waals surface area (Å²) >= 11 is 6.59. The van der Waals surface area contributed by atoms with Crippen molar-refractivity contribution < 1.29 is 32.2 Å². The highest BCUT2D eigenvalue weighted by Crippen LogP contribution is 2.33. The largest absolute Gasteiger partial charge is 0.494 e. The van der Waals surface area contributed by atoms with E-state index in [0.29, 0.717) is 35.2 Å². The monoisotopic (exact) mass is 721 g/mol. The molecule has 1 N–H and O–H groups in total. The summed E-state index contributed by atoms with van der Waals surface area (Å²) in [6, 6.07) is 26.1. The van der Waals surface area contributed by atoms with Crippen LogP contribution >= 0.6 is 11.6 Å². The quantitative estimate of drug-likeness (QED) is 0.117. The number of halogens is 1. The summed E-state index contributed by atoms with van der Waals surface area (Å²) in [4.78, 5) is 29.9. The Kier molecular flexibility index (Phi) is 13.9. The molecule has 0 saturated heterocycles. The Bertz CT molecular complexity index is 1820. The Balaban J connectivity index is 1.83. The van der Waals surface area contributed by atoms with Crippen molar-refractivity contribution in [1.29, 1.82) is 0 Å². The summed E-state index contributed by atoms with van der Waals surface area (Å²) in [6.45, 7) is 4.06. The van der Waals surface area contributed by atoms with Gasteiger partial charge in [-0.2, -0.15) is 0 Å². The molecule has 0 aliphatic carbocycles. The van der Waals surface area contributed by atoms with Crippen molar-refractivity contribution in [2.45, 2.75) is 50.6 Å². The van der Waals surface area contributed by atoms with Crippen LogP contribution in [0.2, 0.25) is 5.02 Å². The van der Waals surface area contributed by atoms with E-state index in [1.54, 1.807) is 48.5 Å². The summed E-state index contributed by atoms with van der Waals surface area (Å²) in [6.07, 6.45) is 1.83. The van der Waals surface area contributed by atoms with E-state index in [1.807, 2.05) is 44.2 Å². The summed E-state index contributed by atoms with van der Waals surface area (Å²) in [5, 5.41) is 3.40. The lowest BCUT2D eigenvalue weighted by Crippen LogP contribution is -2.53. The Morgan fingerprint density at radius 1 is 0.860 bits per heavy atom. The second-order valence-corrected chi connectivity index (χ2v) is 13.7. The van der Waals surface area contributed by atoms with Crippen LogP contribution in [0.15, 0.2) is 102 Å². The second-order valence-electron chi connectivity index (χ2n) is 11.4. The van der Waals surface area contributed by atoms with Crippen LogP contribution in [0.1, 0.15) is 37.8 Å². The molecular formula is C38H44ClN3O7S. The van der Waals surface area contributed by atoms with Gasteiger partial charge in [-0.25, -0.2) is 8.42 Å². The number of hydrogen-bond acceptors (Lipinski definition) is 7. The lowest BCUT2D eigenvalue weighted by molar-refractivity contribution is -0.140. The number of nitrogens with zero attached hydrogens (tertiary/aromatic N) is 2. The molecule has 4 aromatic carbocycles. The van der Waals surface area contributed by atoms with Crippen LogP contribution in [0, 0.1) is 0 Å². The fraction of sp³-hybridized carbons (Fsp3) is 0.316. The molecule has 0 aliphatic rings. The van der Waals surface area contributed by atoms with Crippen molar-refractivity contribution >= 4 is 39.1 Å². The van der Waals surface area contributed by atoms with E-state index >= 15 is 0 Å². The first kappa shape index (κ1) is 38.1. The molecule has 12 heteroatoms. The number of nitrogens with one attached hydrogen (secondary N) is 1. The average molecular weight is 722 g/mol. The first-order valence-electron chi connectivity index (χ1n) is 16.4. The zero-order valence-corrected chi connectivity index (χ0v) is 30.4. The molecule has 0 heterocycles. The number of sulfonamides is 1. The number of carbonyl (C=O) groups is 2. The van der Waals surface area contributed by atoms with Crippen molar-refractivity contribution in [1.82, 2.24) is 10.2 Å². The van der Waals surface area contributed by atoms with Gasteiger partial charge in [0.1, 0.15) is 18.3 Å². The van der Waals surface area contributed by atoms with Gasteiger partial charge in [-0.15, -0.1) is 0 Å². The van der Waals surface area contributed by atoms with Gasteiger partial charge in [-0.1, -0.05) is 73.5 Å². The predicted octanol–water partition coefficient (Wildman–Crippen LogP) is 6.51. The maximum Gasteiger partial charge on any atom is 0.264 e. The molecule has 2 amide bonds. The second kappa shape index (κ2) is 18.3. The topological polar surface area (TPSA) is 114 Å². The van der Waals surface area contributed by atoms with Gasteiger partial charge in [0.15, 0.2) is 11.5 Å². The minimum absolute atomic E-state index is 0.0370. The van der Waals surface area contributed by atoms with Gasteiger partial charge in [0.25, 0.3) is 10.0 Å². The molecule has 1 atom stereocenters. The van der Waals surface area contributed by atoms with Crippen molar-refractivity contribution in [3.05, 3.63) is 113 Å². The number of amides is 2. The molecule has 0 bridgehead atoms. The maximum absolute atomic E-state index is 14.7.